The number of hydrogen-bond donors (Lipinski definition) is 0. The van der Waals surface area contributed by atoms with Gasteiger partial charge >= 0.3 is 0 Å². The van der Waals surface area contributed by atoms with Gasteiger partial charge < -0.3 is 4.74 Å². The molecule has 0 atom stereocenters. The van der Waals surface area contributed by atoms with Crippen LogP contribution >= 0.6 is 39.1 Å². The second kappa shape index (κ2) is 5.91. The highest BCUT2D eigenvalue weighted by Gasteiger charge is 2.11. The Morgan fingerprint density at radius 2 is 1.94 bits per heavy atom. The van der Waals surface area contributed by atoms with Gasteiger partial charge in [-0.3, -0.25) is 0 Å². The lowest BCUT2D eigenvalue weighted by atomic mass is 10.2. The van der Waals surface area contributed by atoms with Crippen LogP contribution in [0.5, 0.6) is 11.5 Å². The third-order valence-electron chi connectivity index (χ3n) is 2.30. The molecule has 2 aromatic rings. The van der Waals surface area contributed by atoms with Crippen LogP contribution in [0.4, 0.5) is 4.39 Å². The molecule has 0 aliphatic heterocycles. The van der Waals surface area contributed by atoms with E-state index in [2.05, 4.69) is 15.9 Å². The van der Waals surface area contributed by atoms with Crippen LogP contribution in [-0.2, 0) is 5.88 Å². The molecular weight excluding hydrogens is 342 g/mol. The molecule has 0 amide bonds. The van der Waals surface area contributed by atoms with Crippen molar-refractivity contribution in [3.8, 4) is 11.5 Å². The molecule has 18 heavy (non-hydrogen) atoms. The van der Waals surface area contributed by atoms with Crippen molar-refractivity contribution in [1.29, 1.82) is 0 Å². The number of ether oxygens (including phenoxy) is 1. The molecule has 0 aliphatic carbocycles. The monoisotopic (exact) mass is 348 g/mol. The maximum atomic E-state index is 13.7. The average molecular weight is 350 g/mol. The van der Waals surface area contributed by atoms with Crippen LogP contribution in [0.2, 0.25) is 5.02 Å². The largest absolute Gasteiger partial charge is 0.454 e. The van der Waals surface area contributed by atoms with Crippen molar-refractivity contribution >= 4 is 39.1 Å². The van der Waals surface area contributed by atoms with E-state index in [-0.39, 0.29) is 16.7 Å². The van der Waals surface area contributed by atoms with Crippen LogP contribution in [0.15, 0.2) is 40.9 Å². The van der Waals surface area contributed by atoms with Gasteiger partial charge in [0.2, 0.25) is 0 Å². The highest BCUT2D eigenvalue weighted by molar-refractivity contribution is 9.10. The van der Waals surface area contributed by atoms with Crippen molar-refractivity contribution in [2.75, 3.05) is 0 Å². The van der Waals surface area contributed by atoms with E-state index in [1.807, 2.05) is 6.07 Å². The van der Waals surface area contributed by atoms with Crippen molar-refractivity contribution in [3.05, 3.63) is 57.3 Å². The predicted molar refractivity (Wildman–Crippen MR) is 75.2 cm³/mol. The molecule has 0 radical (unpaired) electrons. The molecular formula is C13H8BrCl2FO. The van der Waals surface area contributed by atoms with E-state index in [1.54, 1.807) is 18.2 Å². The van der Waals surface area contributed by atoms with Crippen molar-refractivity contribution in [1.82, 2.24) is 0 Å². The maximum Gasteiger partial charge on any atom is 0.184 e. The molecule has 1 nitrogen and oxygen atoms in total. The molecule has 0 saturated carbocycles. The number of benzene rings is 2. The van der Waals surface area contributed by atoms with Gasteiger partial charge in [0.15, 0.2) is 11.6 Å². The first-order valence-corrected chi connectivity index (χ1v) is 6.78. The Balaban J connectivity index is 2.37. The maximum absolute atomic E-state index is 13.7. The van der Waals surface area contributed by atoms with Gasteiger partial charge in [-0.25, -0.2) is 4.39 Å². The third kappa shape index (κ3) is 2.97. The van der Waals surface area contributed by atoms with E-state index in [4.69, 9.17) is 27.9 Å². The molecule has 0 N–H and O–H groups in total. The SMILES string of the molecule is Fc1c(Cl)cccc1Oc1ccc(Br)cc1CCl. The fourth-order valence-electron chi connectivity index (χ4n) is 1.43. The number of alkyl halides is 1. The summed E-state index contributed by atoms with van der Waals surface area (Å²) in [7, 11) is 0. The molecule has 0 heterocycles. The van der Waals surface area contributed by atoms with Crippen LogP contribution in [0, 0.1) is 5.82 Å². The molecule has 0 spiro atoms. The quantitative estimate of drug-likeness (QED) is 0.639. The van der Waals surface area contributed by atoms with E-state index in [0.29, 0.717) is 5.75 Å². The standard InChI is InChI=1S/C13H8BrCl2FO/c14-9-4-5-11(8(6-9)7-15)18-12-3-1-2-10(16)13(12)17/h1-6H,7H2. The summed E-state index contributed by atoms with van der Waals surface area (Å²) in [6.45, 7) is 0. The van der Waals surface area contributed by atoms with Gasteiger partial charge in [0.1, 0.15) is 5.75 Å². The molecule has 0 unspecified atom stereocenters. The molecule has 0 aromatic heterocycles. The zero-order chi connectivity index (χ0) is 13.1. The highest BCUT2D eigenvalue weighted by atomic mass is 79.9. The van der Waals surface area contributed by atoms with Gasteiger partial charge in [-0.05, 0) is 30.3 Å². The molecule has 0 fully saturated rings. The Kier molecular flexibility index (Phi) is 4.49. The van der Waals surface area contributed by atoms with E-state index in [0.717, 1.165) is 10.0 Å². The van der Waals surface area contributed by atoms with Gasteiger partial charge in [-0.2, -0.15) is 0 Å². The van der Waals surface area contributed by atoms with Crippen LogP contribution < -0.4 is 4.74 Å². The van der Waals surface area contributed by atoms with Crippen LogP contribution in [0.25, 0.3) is 0 Å². The Hall–Kier alpha value is -0.770. The zero-order valence-corrected chi connectivity index (χ0v) is 12.2. The van der Waals surface area contributed by atoms with E-state index in [9.17, 15) is 4.39 Å². The smallest absolute Gasteiger partial charge is 0.184 e. The molecule has 0 saturated heterocycles. The minimum atomic E-state index is -0.581. The Morgan fingerprint density at radius 3 is 2.67 bits per heavy atom. The number of halogens is 4. The van der Waals surface area contributed by atoms with Gasteiger partial charge in [0, 0.05) is 10.0 Å². The topological polar surface area (TPSA) is 9.23 Å². The van der Waals surface area contributed by atoms with Crippen molar-refractivity contribution in [3.63, 3.8) is 0 Å². The summed E-state index contributed by atoms with van der Waals surface area (Å²) in [5.41, 5.74) is 0.769. The molecule has 5 heteroatoms. The Labute approximate surface area is 123 Å². The van der Waals surface area contributed by atoms with Crippen LogP contribution in [0.1, 0.15) is 5.56 Å². The van der Waals surface area contributed by atoms with Crippen molar-refractivity contribution in [2.45, 2.75) is 5.88 Å². The fourth-order valence-corrected chi connectivity index (χ4v) is 2.22. The molecule has 94 valence electrons. The van der Waals surface area contributed by atoms with E-state index >= 15 is 0 Å². The van der Waals surface area contributed by atoms with Crippen molar-refractivity contribution in [2.24, 2.45) is 0 Å². The van der Waals surface area contributed by atoms with Crippen LogP contribution in [0.3, 0.4) is 0 Å². The van der Waals surface area contributed by atoms with Gasteiger partial charge in [0.05, 0.1) is 10.9 Å². The lowest BCUT2D eigenvalue weighted by Gasteiger charge is -2.11. The number of hydrogen-bond acceptors (Lipinski definition) is 1. The van der Waals surface area contributed by atoms with Crippen LogP contribution in [-0.4, -0.2) is 0 Å². The second-order valence-electron chi connectivity index (χ2n) is 3.54. The first kappa shape index (κ1) is 13.7. The predicted octanol–water partition coefficient (Wildman–Crippen LogP) is 5.77. The normalized spacial score (nSPS) is 10.4. The summed E-state index contributed by atoms with van der Waals surface area (Å²) >= 11 is 14.9. The molecule has 2 rings (SSSR count). The first-order valence-electron chi connectivity index (χ1n) is 5.08. The Morgan fingerprint density at radius 1 is 1.17 bits per heavy atom. The summed E-state index contributed by atoms with van der Waals surface area (Å²) < 4.78 is 20.1. The zero-order valence-electron chi connectivity index (χ0n) is 9.09. The van der Waals surface area contributed by atoms with Gasteiger partial charge in [-0.1, -0.05) is 33.6 Å². The summed E-state index contributed by atoms with van der Waals surface area (Å²) in [6, 6.07) is 9.95. The lowest BCUT2D eigenvalue weighted by Crippen LogP contribution is -1.92. The average Bonchev–Trinajstić information content (AvgIpc) is 2.37. The van der Waals surface area contributed by atoms with E-state index < -0.39 is 5.82 Å². The summed E-state index contributed by atoms with van der Waals surface area (Å²) in [5.74, 6) is 0.282. The van der Waals surface area contributed by atoms with Crippen molar-refractivity contribution < 1.29 is 9.13 Å². The van der Waals surface area contributed by atoms with Gasteiger partial charge in [-0.15, -0.1) is 11.6 Å². The molecule has 0 bridgehead atoms. The Bertz CT molecular complexity index is 575. The second-order valence-corrected chi connectivity index (χ2v) is 5.13. The minimum Gasteiger partial charge on any atom is -0.454 e. The first-order chi connectivity index (χ1) is 8.61. The highest BCUT2D eigenvalue weighted by Crippen LogP contribution is 2.32. The molecule has 0 aliphatic rings. The fraction of sp³-hybridized carbons (Fsp3) is 0.0769. The third-order valence-corrected chi connectivity index (χ3v) is 3.38. The molecule has 2 aromatic carbocycles. The summed E-state index contributed by atoms with van der Waals surface area (Å²) in [4.78, 5) is 0. The lowest BCUT2D eigenvalue weighted by molar-refractivity contribution is 0.439. The van der Waals surface area contributed by atoms with Gasteiger partial charge in [0.25, 0.3) is 0 Å². The minimum absolute atomic E-state index is 0.0250. The van der Waals surface area contributed by atoms with E-state index in [1.165, 1.54) is 12.1 Å². The summed E-state index contributed by atoms with van der Waals surface area (Å²) in [5, 5.41) is 0.0250. The number of rotatable bonds is 3. The summed E-state index contributed by atoms with van der Waals surface area (Å²) in [6.07, 6.45) is 0.